The fourth-order valence-corrected chi connectivity index (χ4v) is 2.96. The molecule has 0 spiro atoms. The molecule has 0 saturated carbocycles. The summed E-state index contributed by atoms with van der Waals surface area (Å²) in [6.07, 6.45) is 0. The Labute approximate surface area is 143 Å². The maximum atomic E-state index is 12.0. The third kappa shape index (κ3) is 4.31. The lowest BCUT2D eigenvalue weighted by molar-refractivity contribution is -0.384. The zero-order valence-corrected chi connectivity index (χ0v) is 14.5. The molecule has 0 bridgehead atoms. The van der Waals surface area contributed by atoms with E-state index in [2.05, 4.69) is 15.5 Å². The first-order valence-corrected chi connectivity index (χ1v) is 8.51. The molecule has 9 heteroatoms. The van der Waals surface area contributed by atoms with Crippen LogP contribution < -0.4 is 5.32 Å². The topological polar surface area (TPSA) is 103 Å². The van der Waals surface area contributed by atoms with Crippen LogP contribution in [0.4, 0.5) is 11.4 Å². The van der Waals surface area contributed by atoms with Gasteiger partial charge in [0.05, 0.1) is 10.7 Å². The van der Waals surface area contributed by atoms with Crippen molar-refractivity contribution in [3.63, 3.8) is 0 Å². The molecule has 1 N–H and O–H groups in total. The molecule has 0 aliphatic rings. The van der Waals surface area contributed by atoms with Gasteiger partial charge in [-0.3, -0.25) is 14.9 Å². The van der Waals surface area contributed by atoms with Gasteiger partial charge in [0.15, 0.2) is 5.16 Å². The molecule has 0 aliphatic heterocycles. The number of amides is 1. The highest BCUT2D eigenvalue weighted by Crippen LogP contribution is 2.22. The van der Waals surface area contributed by atoms with Crippen LogP contribution in [0.25, 0.3) is 0 Å². The van der Waals surface area contributed by atoms with E-state index >= 15 is 0 Å². The van der Waals surface area contributed by atoms with E-state index in [9.17, 15) is 14.9 Å². The van der Waals surface area contributed by atoms with Crippen LogP contribution >= 0.6 is 11.8 Å². The van der Waals surface area contributed by atoms with Crippen molar-refractivity contribution in [3.8, 4) is 0 Å². The number of carbonyl (C=O) groups excluding carboxylic acids is 1. The molecule has 2 aromatic rings. The van der Waals surface area contributed by atoms with E-state index in [1.807, 2.05) is 25.3 Å². The van der Waals surface area contributed by atoms with Gasteiger partial charge in [0.1, 0.15) is 5.82 Å². The normalized spacial score (nSPS) is 10.8. The summed E-state index contributed by atoms with van der Waals surface area (Å²) in [5.74, 6) is 1.04. The Balaban J connectivity index is 1.99. The average molecular weight is 349 g/mol. The van der Waals surface area contributed by atoms with Gasteiger partial charge in [0.25, 0.3) is 5.69 Å². The van der Waals surface area contributed by atoms with Crippen molar-refractivity contribution in [2.75, 3.05) is 11.1 Å². The van der Waals surface area contributed by atoms with Crippen LogP contribution in [0.5, 0.6) is 0 Å². The number of hydrogen-bond acceptors (Lipinski definition) is 6. The summed E-state index contributed by atoms with van der Waals surface area (Å²) in [6, 6.07) is 5.85. The SMILES string of the molecule is CCn1c(SCC(=O)Nc2cccc([N+](=O)[O-])c2)nnc1C(C)C. The Morgan fingerprint density at radius 1 is 1.42 bits per heavy atom. The number of anilines is 1. The average Bonchev–Trinajstić information content (AvgIpc) is 2.96. The fraction of sp³-hybridized carbons (Fsp3) is 0.400. The van der Waals surface area contributed by atoms with Crippen LogP contribution in [-0.4, -0.2) is 31.3 Å². The third-order valence-corrected chi connectivity index (χ3v) is 4.22. The van der Waals surface area contributed by atoms with Gasteiger partial charge in [0, 0.05) is 30.3 Å². The number of nitrogens with zero attached hydrogens (tertiary/aromatic N) is 4. The van der Waals surface area contributed by atoms with E-state index in [0.717, 1.165) is 12.4 Å². The van der Waals surface area contributed by atoms with Crippen molar-refractivity contribution in [1.82, 2.24) is 14.8 Å². The first kappa shape index (κ1) is 17.9. The number of benzene rings is 1. The molecule has 0 fully saturated rings. The molecule has 0 unspecified atom stereocenters. The predicted molar refractivity (Wildman–Crippen MR) is 92.2 cm³/mol. The zero-order valence-electron chi connectivity index (χ0n) is 13.7. The van der Waals surface area contributed by atoms with Gasteiger partial charge in [-0.15, -0.1) is 10.2 Å². The van der Waals surface area contributed by atoms with Gasteiger partial charge < -0.3 is 9.88 Å². The molecule has 0 atom stereocenters. The van der Waals surface area contributed by atoms with Gasteiger partial charge in [-0.1, -0.05) is 31.7 Å². The second-order valence-electron chi connectivity index (χ2n) is 5.38. The first-order chi connectivity index (χ1) is 11.4. The summed E-state index contributed by atoms with van der Waals surface area (Å²) >= 11 is 1.29. The standard InChI is InChI=1S/C15H19N5O3S/c1-4-19-14(10(2)3)17-18-15(19)24-9-13(21)16-11-6-5-7-12(8-11)20(22)23/h5-8,10H,4,9H2,1-3H3,(H,16,21). The van der Waals surface area contributed by atoms with Crippen molar-refractivity contribution in [3.05, 3.63) is 40.2 Å². The van der Waals surface area contributed by atoms with E-state index in [-0.39, 0.29) is 23.3 Å². The number of nitro groups is 1. The summed E-state index contributed by atoms with van der Waals surface area (Å²) in [7, 11) is 0. The van der Waals surface area contributed by atoms with Gasteiger partial charge in [-0.2, -0.15) is 0 Å². The molecule has 0 aliphatic carbocycles. The number of nitro benzene ring substituents is 1. The van der Waals surface area contributed by atoms with Gasteiger partial charge >= 0.3 is 0 Å². The smallest absolute Gasteiger partial charge is 0.271 e. The van der Waals surface area contributed by atoms with Crippen LogP contribution in [-0.2, 0) is 11.3 Å². The molecular weight excluding hydrogens is 330 g/mol. The number of aromatic nitrogens is 3. The largest absolute Gasteiger partial charge is 0.325 e. The summed E-state index contributed by atoms with van der Waals surface area (Å²) in [5.41, 5.74) is 0.336. The lowest BCUT2D eigenvalue weighted by Gasteiger charge is -2.09. The lowest BCUT2D eigenvalue weighted by Crippen LogP contribution is -2.15. The molecule has 0 radical (unpaired) electrons. The molecular formula is C15H19N5O3S. The highest BCUT2D eigenvalue weighted by atomic mass is 32.2. The van der Waals surface area contributed by atoms with E-state index in [0.29, 0.717) is 10.8 Å². The lowest BCUT2D eigenvalue weighted by atomic mass is 10.2. The molecule has 1 heterocycles. The Morgan fingerprint density at radius 3 is 2.79 bits per heavy atom. The Morgan fingerprint density at radius 2 is 2.17 bits per heavy atom. The number of carbonyl (C=O) groups is 1. The van der Waals surface area contributed by atoms with Crippen molar-refractivity contribution in [2.45, 2.75) is 38.4 Å². The Bertz CT molecular complexity index is 744. The van der Waals surface area contributed by atoms with Crippen LogP contribution in [0, 0.1) is 10.1 Å². The third-order valence-electron chi connectivity index (χ3n) is 3.25. The van der Waals surface area contributed by atoms with Crippen LogP contribution in [0.1, 0.15) is 32.5 Å². The maximum absolute atomic E-state index is 12.0. The number of non-ortho nitro benzene ring substituents is 1. The van der Waals surface area contributed by atoms with E-state index < -0.39 is 4.92 Å². The van der Waals surface area contributed by atoms with Gasteiger partial charge in [0.2, 0.25) is 5.91 Å². The van der Waals surface area contributed by atoms with Crippen LogP contribution in [0.2, 0.25) is 0 Å². The summed E-state index contributed by atoms with van der Waals surface area (Å²) in [6.45, 7) is 6.82. The second-order valence-corrected chi connectivity index (χ2v) is 6.33. The molecule has 24 heavy (non-hydrogen) atoms. The maximum Gasteiger partial charge on any atom is 0.271 e. The van der Waals surface area contributed by atoms with Crippen molar-refractivity contribution < 1.29 is 9.72 Å². The monoisotopic (exact) mass is 349 g/mol. The van der Waals surface area contributed by atoms with E-state index in [1.165, 1.54) is 30.0 Å². The van der Waals surface area contributed by atoms with Crippen LogP contribution in [0.15, 0.2) is 29.4 Å². The fourth-order valence-electron chi connectivity index (χ4n) is 2.16. The molecule has 8 nitrogen and oxygen atoms in total. The van der Waals surface area contributed by atoms with Crippen molar-refractivity contribution >= 4 is 29.0 Å². The molecule has 2 rings (SSSR count). The summed E-state index contributed by atoms with van der Waals surface area (Å²) < 4.78 is 1.98. The zero-order chi connectivity index (χ0) is 17.7. The molecule has 128 valence electrons. The minimum Gasteiger partial charge on any atom is -0.325 e. The van der Waals surface area contributed by atoms with E-state index in [1.54, 1.807) is 6.07 Å². The quantitative estimate of drug-likeness (QED) is 0.468. The predicted octanol–water partition coefficient (Wildman–Crippen LogP) is 3.06. The minimum absolute atomic E-state index is 0.0623. The van der Waals surface area contributed by atoms with Gasteiger partial charge in [-0.05, 0) is 13.0 Å². The molecule has 0 saturated heterocycles. The highest BCUT2D eigenvalue weighted by Gasteiger charge is 2.15. The van der Waals surface area contributed by atoms with Crippen LogP contribution in [0.3, 0.4) is 0 Å². The molecule has 1 aromatic carbocycles. The number of rotatable bonds is 7. The van der Waals surface area contributed by atoms with E-state index in [4.69, 9.17) is 0 Å². The Hall–Kier alpha value is -2.42. The minimum atomic E-state index is -0.498. The number of hydrogen-bond donors (Lipinski definition) is 1. The number of thioether (sulfide) groups is 1. The Kier molecular flexibility index (Phi) is 5.91. The van der Waals surface area contributed by atoms with Crippen molar-refractivity contribution in [1.29, 1.82) is 0 Å². The molecule has 1 amide bonds. The highest BCUT2D eigenvalue weighted by molar-refractivity contribution is 7.99. The number of nitrogens with one attached hydrogen (secondary N) is 1. The molecule has 1 aromatic heterocycles. The first-order valence-electron chi connectivity index (χ1n) is 7.52. The second kappa shape index (κ2) is 7.91. The summed E-state index contributed by atoms with van der Waals surface area (Å²) in [5, 5.41) is 22.4. The van der Waals surface area contributed by atoms with Crippen molar-refractivity contribution in [2.24, 2.45) is 0 Å². The van der Waals surface area contributed by atoms with Gasteiger partial charge in [-0.25, -0.2) is 0 Å². The summed E-state index contributed by atoms with van der Waals surface area (Å²) in [4.78, 5) is 22.3.